The van der Waals surface area contributed by atoms with Gasteiger partial charge < -0.3 is 19.3 Å². The fourth-order valence-corrected chi connectivity index (χ4v) is 4.92. The number of fused-ring (bicyclic) bond motifs is 2. The molecule has 0 saturated carbocycles. The summed E-state index contributed by atoms with van der Waals surface area (Å²) in [5, 5.41) is 7.12. The number of carbonyl (C=O) groups excluding carboxylic acids is 1. The second kappa shape index (κ2) is 10.4. The van der Waals surface area contributed by atoms with Crippen LogP contribution < -0.4 is 0 Å². The van der Waals surface area contributed by atoms with Gasteiger partial charge in [-0.3, -0.25) is 9.69 Å². The Bertz CT molecular complexity index is 1010. The van der Waals surface area contributed by atoms with E-state index in [1.54, 1.807) is 0 Å². The number of alkyl halides is 3. The van der Waals surface area contributed by atoms with Crippen LogP contribution in [0.2, 0.25) is 0 Å². The normalized spacial score (nSPS) is 21.8. The fourth-order valence-electron chi connectivity index (χ4n) is 4.92. The van der Waals surface area contributed by atoms with E-state index in [1.807, 2.05) is 17.3 Å². The molecule has 0 radical (unpaired) electrons. The van der Waals surface area contributed by atoms with Crippen LogP contribution in [-0.2, 0) is 33.0 Å². The van der Waals surface area contributed by atoms with E-state index in [-0.39, 0.29) is 12.0 Å². The van der Waals surface area contributed by atoms with Gasteiger partial charge in [-0.25, -0.2) is 9.78 Å². The minimum absolute atomic E-state index is 0.156. The fraction of sp³-hybridized carbons (Fsp3) is 0.542. The van der Waals surface area contributed by atoms with Gasteiger partial charge in [0.25, 0.3) is 5.91 Å². The number of amides is 1. The standard InChI is InChI=1S/C22H28N4O2.C2HF3O2/c27-20(25-11-4-5-12-25)19-17-26-15-10-23-21(26)22(28-19)8-13-24(14-9-22)16-18-6-2-1-3-7-18;3-2(4,5)1(6)7/h1-3,6-7,10,15,19H,4-5,8-9,11-14,16-17H2;(H,6,7). The SMILES string of the molecule is O=C(C1Cn2ccnc2C2(CCN(Cc3ccccc3)CC2)O1)N1CCCC1.O=C(O)C(F)(F)F. The van der Waals surface area contributed by atoms with Crippen LogP contribution in [0.5, 0.6) is 0 Å². The lowest BCUT2D eigenvalue weighted by Crippen LogP contribution is -2.54. The zero-order valence-corrected chi connectivity index (χ0v) is 19.3. The zero-order valence-electron chi connectivity index (χ0n) is 19.3. The highest BCUT2D eigenvalue weighted by Gasteiger charge is 2.47. The summed E-state index contributed by atoms with van der Waals surface area (Å²) in [6.07, 6.45) is 2.34. The Kier molecular flexibility index (Phi) is 7.46. The monoisotopic (exact) mass is 494 g/mol. The molecule has 2 aromatic rings. The van der Waals surface area contributed by atoms with Crippen molar-refractivity contribution in [3.8, 4) is 0 Å². The van der Waals surface area contributed by atoms with Crippen molar-refractivity contribution in [1.29, 1.82) is 0 Å². The molecular weight excluding hydrogens is 465 g/mol. The number of nitrogens with zero attached hydrogens (tertiary/aromatic N) is 4. The maximum absolute atomic E-state index is 13.0. The number of rotatable bonds is 3. The summed E-state index contributed by atoms with van der Waals surface area (Å²) in [6.45, 7) is 5.18. The molecule has 3 aliphatic rings. The number of carboxylic acids is 1. The Balaban J connectivity index is 0.000000364. The van der Waals surface area contributed by atoms with Crippen molar-refractivity contribution < 1.29 is 32.6 Å². The maximum Gasteiger partial charge on any atom is 0.490 e. The summed E-state index contributed by atoms with van der Waals surface area (Å²) in [5.41, 5.74) is 0.904. The van der Waals surface area contributed by atoms with Crippen molar-refractivity contribution in [1.82, 2.24) is 19.4 Å². The quantitative estimate of drug-likeness (QED) is 0.706. The van der Waals surface area contributed by atoms with Gasteiger partial charge in [-0.2, -0.15) is 13.2 Å². The van der Waals surface area contributed by atoms with Crippen LogP contribution in [0, 0.1) is 0 Å². The number of piperidine rings is 1. The predicted octanol–water partition coefficient (Wildman–Crippen LogP) is 3.03. The summed E-state index contributed by atoms with van der Waals surface area (Å²) in [6, 6.07) is 10.6. The van der Waals surface area contributed by atoms with E-state index in [2.05, 4.69) is 44.8 Å². The number of carbonyl (C=O) groups is 2. The molecule has 5 rings (SSSR count). The van der Waals surface area contributed by atoms with Crippen molar-refractivity contribution in [2.75, 3.05) is 26.2 Å². The smallest absolute Gasteiger partial charge is 0.475 e. The molecule has 1 amide bonds. The van der Waals surface area contributed by atoms with Crippen molar-refractivity contribution in [2.24, 2.45) is 0 Å². The van der Waals surface area contributed by atoms with E-state index in [0.717, 1.165) is 64.2 Å². The number of likely N-dealkylation sites (tertiary alicyclic amines) is 2. The van der Waals surface area contributed by atoms with Crippen molar-refractivity contribution in [3.63, 3.8) is 0 Å². The van der Waals surface area contributed by atoms with Gasteiger partial charge in [0.15, 0.2) is 6.10 Å². The molecule has 190 valence electrons. The molecule has 2 saturated heterocycles. The molecule has 0 bridgehead atoms. The highest BCUT2D eigenvalue weighted by molar-refractivity contribution is 5.81. The van der Waals surface area contributed by atoms with Gasteiger partial charge in [0.1, 0.15) is 11.4 Å². The number of carboxylic acid groups (broad SMARTS) is 1. The molecular formula is C24H29F3N4O4. The van der Waals surface area contributed by atoms with Crippen molar-refractivity contribution >= 4 is 11.9 Å². The third-order valence-corrected chi connectivity index (χ3v) is 6.70. The average Bonchev–Trinajstić information content (AvgIpc) is 3.53. The minimum Gasteiger partial charge on any atom is -0.475 e. The number of aliphatic carboxylic acids is 1. The molecule has 4 heterocycles. The first-order valence-electron chi connectivity index (χ1n) is 11.7. The number of ether oxygens (including phenoxy) is 1. The van der Waals surface area contributed by atoms with Gasteiger partial charge in [-0.05, 0) is 31.2 Å². The van der Waals surface area contributed by atoms with Crippen molar-refractivity contribution in [2.45, 2.75) is 56.7 Å². The molecule has 35 heavy (non-hydrogen) atoms. The summed E-state index contributed by atoms with van der Waals surface area (Å²) in [4.78, 5) is 31.0. The van der Waals surface area contributed by atoms with Gasteiger partial charge in [0.05, 0.1) is 6.54 Å². The lowest BCUT2D eigenvalue weighted by Gasteiger charge is -2.46. The molecule has 1 N–H and O–H groups in total. The Morgan fingerprint density at radius 1 is 1.09 bits per heavy atom. The van der Waals surface area contributed by atoms with E-state index in [1.165, 1.54) is 5.56 Å². The van der Waals surface area contributed by atoms with Gasteiger partial charge in [0.2, 0.25) is 0 Å². The second-order valence-electron chi connectivity index (χ2n) is 9.10. The van der Waals surface area contributed by atoms with Crippen molar-refractivity contribution in [3.05, 3.63) is 54.1 Å². The van der Waals surface area contributed by atoms with E-state index < -0.39 is 17.7 Å². The number of hydrogen-bond donors (Lipinski definition) is 1. The number of imidazole rings is 1. The van der Waals surface area contributed by atoms with E-state index >= 15 is 0 Å². The molecule has 1 aromatic carbocycles. The van der Waals surface area contributed by atoms with Crippen LogP contribution in [0.1, 0.15) is 37.1 Å². The maximum atomic E-state index is 13.0. The summed E-state index contributed by atoms with van der Waals surface area (Å²) < 4.78 is 40.5. The van der Waals surface area contributed by atoms with E-state index in [9.17, 15) is 18.0 Å². The lowest BCUT2D eigenvalue weighted by atomic mass is 9.88. The van der Waals surface area contributed by atoms with Crippen LogP contribution in [0.4, 0.5) is 13.2 Å². The molecule has 8 nitrogen and oxygen atoms in total. The summed E-state index contributed by atoms with van der Waals surface area (Å²) in [5.74, 6) is -1.60. The Labute approximate surface area is 201 Å². The molecule has 1 aromatic heterocycles. The molecule has 1 unspecified atom stereocenters. The van der Waals surface area contributed by atoms with Crippen LogP contribution >= 0.6 is 0 Å². The molecule has 3 aliphatic heterocycles. The van der Waals surface area contributed by atoms with Gasteiger partial charge >= 0.3 is 12.1 Å². The Morgan fingerprint density at radius 3 is 2.31 bits per heavy atom. The number of halogens is 3. The van der Waals surface area contributed by atoms with Gasteiger partial charge in [0, 0.05) is 45.1 Å². The highest BCUT2D eigenvalue weighted by Crippen LogP contribution is 2.40. The first kappa shape index (κ1) is 25.2. The first-order valence-corrected chi connectivity index (χ1v) is 11.7. The summed E-state index contributed by atoms with van der Waals surface area (Å²) >= 11 is 0. The average molecular weight is 495 g/mol. The number of aromatic nitrogens is 2. The Morgan fingerprint density at radius 2 is 1.71 bits per heavy atom. The van der Waals surface area contributed by atoms with Crippen LogP contribution in [0.25, 0.3) is 0 Å². The van der Waals surface area contributed by atoms with Gasteiger partial charge in [-0.15, -0.1) is 0 Å². The number of benzene rings is 1. The first-order chi connectivity index (χ1) is 16.7. The van der Waals surface area contributed by atoms with E-state index in [0.29, 0.717) is 6.54 Å². The Hall–Kier alpha value is -2.92. The van der Waals surface area contributed by atoms with Crippen LogP contribution in [0.3, 0.4) is 0 Å². The third kappa shape index (κ3) is 5.84. The molecule has 1 spiro atoms. The number of hydrogen-bond acceptors (Lipinski definition) is 5. The molecule has 0 aliphatic carbocycles. The predicted molar refractivity (Wildman–Crippen MR) is 119 cm³/mol. The molecule has 1 atom stereocenters. The molecule has 11 heteroatoms. The highest BCUT2D eigenvalue weighted by atomic mass is 19.4. The van der Waals surface area contributed by atoms with E-state index in [4.69, 9.17) is 14.6 Å². The minimum atomic E-state index is -5.08. The lowest BCUT2D eigenvalue weighted by molar-refractivity contribution is -0.192. The van der Waals surface area contributed by atoms with Crippen LogP contribution in [0.15, 0.2) is 42.7 Å². The summed E-state index contributed by atoms with van der Waals surface area (Å²) in [7, 11) is 0. The topological polar surface area (TPSA) is 87.9 Å². The third-order valence-electron chi connectivity index (χ3n) is 6.70. The van der Waals surface area contributed by atoms with Gasteiger partial charge in [-0.1, -0.05) is 30.3 Å². The largest absolute Gasteiger partial charge is 0.490 e. The van der Waals surface area contributed by atoms with Crippen LogP contribution in [-0.4, -0.2) is 74.8 Å². The zero-order chi connectivity index (χ0) is 25.1. The molecule has 2 fully saturated rings. The second-order valence-corrected chi connectivity index (χ2v) is 9.10.